The monoisotopic (exact) mass is 236 g/mol. The molecule has 2 rings (SSSR count). The lowest BCUT2D eigenvalue weighted by Crippen LogP contribution is -1.94. The summed E-state index contributed by atoms with van der Waals surface area (Å²) in [6.45, 7) is 1.91. The third-order valence-corrected chi connectivity index (χ3v) is 2.37. The highest BCUT2D eigenvalue weighted by Gasteiger charge is 2.01. The van der Waals surface area contributed by atoms with E-state index in [0.29, 0.717) is 11.5 Å². The Morgan fingerprint density at radius 1 is 1.25 bits per heavy atom. The van der Waals surface area contributed by atoms with E-state index >= 15 is 0 Å². The quantitative estimate of drug-likeness (QED) is 0.855. The summed E-state index contributed by atoms with van der Waals surface area (Å²) in [5.41, 5.74) is 1.63. The van der Waals surface area contributed by atoms with E-state index in [4.69, 9.17) is 11.6 Å². The molecule has 1 aromatic heterocycles. The molecule has 2 aromatic rings. The molecule has 0 aliphatic carbocycles. The SMILES string of the molecule is Cc1cccc(Nc2ccc(F)c(Cl)c2)n1. The van der Waals surface area contributed by atoms with Crippen molar-refractivity contribution in [3.63, 3.8) is 0 Å². The van der Waals surface area contributed by atoms with E-state index in [1.165, 1.54) is 12.1 Å². The molecule has 0 aliphatic heterocycles. The average molecular weight is 237 g/mol. The number of halogens is 2. The fraction of sp³-hybridized carbons (Fsp3) is 0.0833. The number of hydrogen-bond donors (Lipinski definition) is 1. The van der Waals surface area contributed by atoms with Crippen molar-refractivity contribution >= 4 is 23.1 Å². The van der Waals surface area contributed by atoms with E-state index in [1.807, 2.05) is 25.1 Å². The normalized spacial score (nSPS) is 10.2. The molecule has 4 heteroatoms. The van der Waals surface area contributed by atoms with Crippen molar-refractivity contribution in [1.29, 1.82) is 0 Å². The zero-order chi connectivity index (χ0) is 11.5. The third-order valence-electron chi connectivity index (χ3n) is 2.08. The fourth-order valence-electron chi connectivity index (χ4n) is 1.33. The van der Waals surface area contributed by atoms with Crippen LogP contribution in [0.1, 0.15) is 5.69 Å². The van der Waals surface area contributed by atoms with E-state index in [0.717, 1.165) is 5.69 Å². The van der Waals surface area contributed by atoms with Gasteiger partial charge in [0.15, 0.2) is 0 Å². The Bertz CT molecular complexity index is 514. The fourth-order valence-corrected chi connectivity index (χ4v) is 1.51. The van der Waals surface area contributed by atoms with E-state index in [1.54, 1.807) is 6.07 Å². The van der Waals surface area contributed by atoms with Gasteiger partial charge in [0, 0.05) is 11.4 Å². The Kier molecular flexibility index (Phi) is 3.06. The molecule has 0 bridgehead atoms. The van der Waals surface area contributed by atoms with Crippen molar-refractivity contribution < 1.29 is 4.39 Å². The van der Waals surface area contributed by atoms with Crippen LogP contribution < -0.4 is 5.32 Å². The predicted octanol–water partition coefficient (Wildman–Crippen LogP) is 3.93. The van der Waals surface area contributed by atoms with Crippen LogP contribution in [0.4, 0.5) is 15.9 Å². The molecule has 82 valence electrons. The van der Waals surface area contributed by atoms with Gasteiger partial charge in [-0.1, -0.05) is 17.7 Å². The number of nitrogens with zero attached hydrogens (tertiary/aromatic N) is 1. The molecule has 1 aromatic carbocycles. The summed E-state index contributed by atoms with van der Waals surface area (Å²) < 4.78 is 12.9. The van der Waals surface area contributed by atoms with E-state index in [9.17, 15) is 4.39 Å². The molecule has 0 fully saturated rings. The maximum atomic E-state index is 12.9. The van der Waals surface area contributed by atoms with Crippen LogP contribution in [0, 0.1) is 12.7 Å². The average Bonchev–Trinajstić information content (AvgIpc) is 2.24. The van der Waals surface area contributed by atoms with Crippen LogP contribution in [0.2, 0.25) is 5.02 Å². The third kappa shape index (κ3) is 2.49. The molecule has 0 saturated carbocycles. The Morgan fingerprint density at radius 3 is 2.75 bits per heavy atom. The summed E-state index contributed by atoms with van der Waals surface area (Å²) in [7, 11) is 0. The first-order chi connectivity index (χ1) is 7.65. The minimum atomic E-state index is -0.426. The van der Waals surface area contributed by atoms with Crippen LogP contribution in [0.25, 0.3) is 0 Å². The van der Waals surface area contributed by atoms with Gasteiger partial charge in [0.2, 0.25) is 0 Å². The molecule has 1 N–H and O–H groups in total. The zero-order valence-electron chi connectivity index (χ0n) is 8.67. The Labute approximate surface area is 98.1 Å². The lowest BCUT2D eigenvalue weighted by molar-refractivity contribution is 0.628. The van der Waals surface area contributed by atoms with E-state index in [2.05, 4.69) is 10.3 Å². The number of anilines is 2. The topological polar surface area (TPSA) is 24.9 Å². The van der Waals surface area contributed by atoms with Crippen LogP contribution in [-0.2, 0) is 0 Å². The van der Waals surface area contributed by atoms with Gasteiger partial charge in [0.25, 0.3) is 0 Å². The smallest absolute Gasteiger partial charge is 0.141 e. The highest BCUT2D eigenvalue weighted by atomic mass is 35.5. The lowest BCUT2D eigenvalue weighted by atomic mass is 10.3. The maximum Gasteiger partial charge on any atom is 0.141 e. The van der Waals surface area contributed by atoms with Gasteiger partial charge < -0.3 is 5.32 Å². The molecule has 0 radical (unpaired) electrons. The molecule has 16 heavy (non-hydrogen) atoms. The first-order valence-electron chi connectivity index (χ1n) is 4.81. The summed E-state index contributed by atoms with van der Waals surface area (Å²) >= 11 is 5.68. The van der Waals surface area contributed by atoms with Crippen molar-refractivity contribution in [1.82, 2.24) is 4.98 Å². The van der Waals surface area contributed by atoms with Crippen LogP contribution >= 0.6 is 11.6 Å². The second-order valence-electron chi connectivity index (χ2n) is 3.42. The first kappa shape index (κ1) is 10.9. The molecule has 0 atom stereocenters. The molecule has 0 aliphatic rings. The summed E-state index contributed by atoms with van der Waals surface area (Å²) in [4.78, 5) is 4.27. The highest BCUT2D eigenvalue weighted by molar-refractivity contribution is 6.31. The van der Waals surface area contributed by atoms with E-state index in [-0.39, 0.29) is 5.02 Å². The second kappa shape index (κ2) is 4.49. The largest absolute Gasteiger partial charge is 0.340 e. The van der Waals surface area contributed by atoms with Crippen molar-refractivity contribution in [2.45, 2.75) is 6.92 Å². The lowest BCUT2D eigenvalue weighted by Gasteiger charge is -2.06. The standard InChI is InChI=1S/C12H10ClFN2/c1-8-3-2-4-12(15-8)16-9-5-6-11(14)10(13)7-9/h2-7H,1H3,(H,15,16). The molecular weight excluding hydrogens is 227 g/mol. The number of aromatic nitrogens is 1. The van der Waals surface area contributed by atoms with Crippen molar-refractivity contribution in [3.05, 3.63) is 52.9 Å². The molecule has 0 amide bonds. The van der Waals surface area contributed by atoms with Gasteiger partial charge in [0.05, 0.1) is 5.02 Å². The second-order valence-corrected chi connectivity index (χ2v) is 3.83. The first-order valence-corrected chi connectivity index (χ1v) is 5.19. The Hall–Kier alpha value is -1.61. The minimum Gasteiger partial charge on any atom is -0.340 e. The number of nitrogens with one attached hydrogen (secondary N) is 1. The van der Waals surface area contributed by atoms with Gasteiger partial charge in [-0.3, -0.25) is 0 Å². The number of pyridine rings is 1. The van der Waals surface area contributed by atoms with Crippen LogP contribution in [0.15, 0.2) is 36.4 Å². The molecule has 0 spiro atoms. The highest BCUT2D eigenvalue weighted by Crippen LogP contribution is 2.21. The van der Waals surface area contributed by atoms with Crippen molar-refractivity contribution in [3.8, 4) is 0 Å². The number of rotatable bonds is 2. The summed E-state index contributed by atoms with van der Waals surface area (Å²) in [5, 5.41) is 3.15. The Morgan fingerprint density at radius 2 is 2.06 bits per heavy atom. The van der Waals surface area contributed by atoms with Gasteiger partial charge in [0.1, 0.15) is 11.6 Å². The van der Waals surface area contributed by atoms with Gasteiger partial charge in [-0.25, -0.2) is 9.37 Å². The molecule has 1 heterocycles. The van der Waals surface area contributed by atoms with Gasteiger partial charge in [-0.2, -0.15) is 0 Å². The number of hydrogen-bond acceptors (Lipinski definition) is 2. The van der Waals surface area contributed by atoms with Crippen LogP contribution in [0.5, 0.6) is 0 Å². The molecule has 2 nitrogen and oxygen atoms in total. The van der Waals surface area contributed by atoms with E-state index < -0.39 is 5.82 Å². The van der Waals surface area contributed by atoms with Gasteiger partial charge in [-0.05, 0) is 37.3 Å². The molecule has 0 saturated heterocycles. The summed E-state index contributed by atoms with van der Waals surface area (Å²) in [6, 6.07) is 10.1. The van der Waals surface area contributed by atoms with Crippen LogP contribution in [-0.4, -0.2) is 4.98 Å². The number of benzene rings is 1. The molecular formula is C12H10ClFN2. The van der Waals surface area contributed by atoms with Crippen molar-refractivity contribution in [2.24, 2.45) is 0 Å². The van der Waals surface area contributed by atoms with Crippen molar-refractivity contribution in [2.75, 3.05) is 5.32 Å². The summed E-state index contributed by atoms with van der Waals surface area (Å²) in [6.07, 6.45) is 0. The number of aryl methyl sites for hydroxylation is 1. The van der Waals surface area contributed by atoms with Crippen LogP contribution in [0.3, 0.4) is 0 Å². The predicted molar refractivity (Wildman–Crippen MR) is 63.7 cm³/mol. The minimum absolute atomic E-state index is 0.0950. The Balaban J connectivity index is 2.24. The molecule has 0 unspecified atom stereocenters. The van der Waals surface area contributed by atoms with Gasteiger partial charge in [-0.15, -0.1) is 0 Å². The van der Waals surface area contributed by atoms with Gasteiger partial charge >= 0.3 is 0 Å². The summed E-state index contributed by atoms with van der Waals surface area (Å²) in [5.74, 6) is 0.284. The maximum absolute atomic E-state index is 12.9. The zero-order valence-corrected chi connectivity index (χ0v) is 9.42.